The minimum Gasteiger partial charge on any atom is -0.479 e. The first-order valence-corrected chi connectivity index (χ1v) is 7.91. The molecule has 0 fully saturated rings. The lowest BCUT2D eigenvalue weighted by Crippen LogP contribution is -2.41. The maximum absolute atomic E-state index is 11.8. The summed E-state index contributed by atoms with van der Waals surface area (Å²) in [7, 11) is 0. The fraction of sp³-hybridized carbons (Fsp3) is 0.222. The molecule has 0 saturated carbocycles. The number of hydrogen-bond donors (Lipinski definition) is 2. The number of rotatable bonds is 7. The number of benzene rings is 1. The number of nitrogens with zero attached hydrogens (tertiary/aromatic N) is 1. The van der Waals surface area contributed by atoms with Crippen molar-refractivity contribution in [1.82, 2.24) is 10.6 Å². The molecule has 2 aromatic rings. The lowest BCUT2D eigenvalue weighted by molar-refractivity contribution is -0.154. The Kier molecular flexibility index (Phi) is 6.96. The largest absolute Gasteiger partial charge is 0.479 e. The number of amides is 3. The first kappa shape index (κ1) is 19.5. The van der Waals surface area contributed by atoms with Gasteiger partial charge >= 0.3 is 12.0 Å². The Hall–Kier alpha value is -3.80. The molecule has 2 rings (SSSR count). The molecule has 0 radical (unpaired) electrons. The highest BCUT2D eigenvalue weighted by atomic mass is 16.6. The van der Waals surface area contributed by atoms with Crippen LogP contribution in [0.15, 0.2) is 47.1 Å². The highest BCUT2D eigenvalue weighted by Gasteiger charge is 2.18. The van der Waals surface area contributed by atoms with Crippen LogP contribution in [0.3, 0.4) is 0 Å². The van der Waals surface area contributed by atoms with Crippen LogP contribution >= 0.6 is 0 Å². The number of urea groups is 1. The fourth-order valence-corrected chi connectivity index (χ4v) is 1.90. The van der Waals surface area contributed by atoms with Gasteiger partial charge in [-0.3, -0.25) is 10.1 Å². The Morgan fingerprint density at radius 2 is 1.96 bits per heavy atom. The number of carbonyl (C=O) groups excluding carboxylic acids is 3. The predicted octanol–water partition coefficient (Wildman–Crippen LogP) is 1.49. The maximum atomic E-state index is 11.8. The number of esters is 1. The summed E-state index contributed by atoms with van der Waals surface area (Å²) >= 11 is 0. The molecule has 0 aliphatic carbocycles. The predicted molar refractivity (Wildman–Crippen MR) is 91.3 cm³/mol. The van der Waals surface area contributed by atoms with E-state index in [2.05, 4.69) is 5.32 Å². The minimum atomic E-state index is -0.974. The third kappa shape index (κ3) is 6.55. The molecule has 0 saturated heterocycles. The van der Waals surface area contributed by atoms with E-state index in [0.717, 1.165) is 0 Å². The average Bonchev–Trinajstić information content (AvgIpc) is 3.18. The molecule has 1 aromatic carbocycles. The van der Waals surface area contributed by atoms with Crippen molar-refractivity contribution in [2.75, 3.05) is 6.61 Å². The van der Waals surface area contributed by atoms with Gasteiger partial charge in [-0.05, 0) is 43.3 Å². The summed E-state index contributed by atoms with van der Waals surface area (Å²) in [5.41, 5.74) is 0.458. The van der Waals surface area contributed by atoms with Crippen LogP contribution in [0.4, 0.5) is 4.79 Å². The van der Waals surface area contributed by atoms with E-state index >= 15 is 0 Å². The van der Waals surface area contributed by atoms with Gasteiger partial charge in [-0.2, -0.15) is 5.26 Å². The molecule has 0 spiro atoms. The molecule has 0 aliphatic heterocycles. The quantitative estimate of drug-likeness (QED) is 0.705. The Balaban J connectivity index is 1.69. The monoisotopic (exact) mass is 371 g/mol. The summed E-state index contributed by atoms with van der Waals surface area (Å²) in [4.78, 5) is 35.0. The standard InChI is InChI=1S/C18H17N3O6/c1-12(27-14-6-4-13(9-19)5-7-14)17(23)26-11-16(22)21-18(24)20-10-15-3-2-8-25-15/h2-8,12H,10-11H2,1H3,(H2,20,21,22,24)/t12-/m0/s1. The molecule has 0 bridgehead atoms. The zero-order chi connectivity index (χ0) is 19.6. The molecular weight excluding hydrogens is 354 g/mol. The smallest absolute Gasteiger partial charge is 0.347 e. The summed E-state index contributed by atoms with van der Waals surface area (Å²) in [6, 6.07) is 10.7. The maximum Gasteiger partial charge on any atom is 0.347 e. The number of nitrogens with one attached hydrogen (secondary N) is 2. The summed E-state index contributed by atoms with van der Waals surface area (Å²) in [5.74, 6) is -0.658. The van der Waals surface area contributed by atoms with Gasteiger partial charge in [0.1, 0.15) is 11.5 Å². The first-order valence-electron chi connectivity index (χ1n) is 7.91. The van der Waals surface area contributed by atoms with Crippen LogP contribution in [0.25, 0.3) is 0 Å². The number of ether oxygens (including phenoxy) is 2. The third-order valence-corrected chi connectivity index (χ3v) is 3.23. The van der Waals surface area contributed by atoms with E-state index < -0.39 is 30.6 Å². The van der Waals surface area contributed by atoms with Gasteiger partial charge in [-0.15, -0.1) is 0 Å². The average molecular weight is 371 g/mol. The van der Waals surface area contributed by atoms with E-state index in [1.165, 1.54) is 13.2 Å². The Morgan fingerprint density at radius 3 is 2.59 bits per heavy atom. The van der Waals surface area contributed by atoms with Crippen LogP contribution in [-0.4, -0.2) is 30.6 Å². The Labute approximate surface area is 154 Å². The van der Waals surface area contributed by atoms with Crippen molar-refractivity contribution in [2.24, 2.45) is 0 Å². The van der Waals surface area contributed by atoms with E-state index in [1.807, 2.05) is 11.4 Å². The van der Waals surface area contributed by atoms with Gasteiger partial charge in [-0.1, -0.05) is 0 Å². The van der Waals surface area contributed by atoms with E-state index in [9.17, 15) is 14.4 Å². The molecule has 1 aromatic heterocycles. The van der Waals surface area contributed by atoms with Crippen LogP contribution in [0.5, 0.6) is 5.75 Å². The molecule has 1 atom stereocenters. The third-order valence-electron chi connectivity index (χ3n) is 3.23. The van der Waals surface area contributed by atoms with Gasteiger partial charge in [0.05, 0.1) is 24.4 Å². The summed E-state index contributed by atoms with van der Waals surface area (Å²) in [6.45, 7) is 0.934. The first-order chi connectivity index (χ1) is 13.0. The van der Waals surface area contributed by atoms with E-state index in [4.69, 9.17) is 19.2 Å². The van der Waals surface area contributed by atoms with E-state index in [-0.39, 0.29) is 6.54 Å². The molecule has 9 nitrogen and oxygen atoms in total. The lowest BCUT2D eigenvalue weighted by atomic mass is 10.2. The number of nitriles is 1. The van der Waals surface area contributed by atoms with Crippen molar-refractivity contribution < 1.29 is 28.3 Å². The number of hydrogen-bond acceptors (Lipinski definition) is 7. The van der Waals surface area contributed by atoms with Gasteiger partial charge < -0.3 is 19.2 Å². The zero-order valence-corrected chi connectivity index (χ0v) is 14.4. The molecule has 0 aliphatic rings. The van der Waals surface area contributed by atoms with E-state index in [0.29, 0.717) is 17.1 Å². The van der Waals surface area contributed by atoms with Crippen molar-refractivity contribution in [1.29, 1.82) is 5.26 Å². The molecule has 9 heteroatoms. The van der Waals surface area contributed by atoms with Crippen molar-refractivity contribution in [3.63, 3.8) is 0 Å². The number of carbonyl (C=O) groups is 3. The van der Waals surface area contributed by atoms with Crippen LogP contribution in [-0.2, 0) is 20.9 Å². The van der Waals surface area contributed by atoms with Crippen LogP contribution in [0, 0.1) is 11.3 Å². The SMILES string of the molecule is C[C@H](Oc1ccc(C#N)cc1)C(=O)OCC(=O)NC(=O)NCc1ccco1. The lowest BCUT2D eigenvalue weighted by Gasteiger charge is -2.13. The second-order valence-electron chi connectivity index (χ2n) is 5.31. The van der Waals surface area contributed by atoms with Crippen LogP contribution in [0.1, 0.15) is 18.2 Å². The topological polar surface area (TPSA) is 131 Å². The number of furan rings is 1. The van der Waals surface area contributed by atoms with E-state index in [1.54, 1.807) is 36.4 Å². The molecule has 140 valence electrons. The second kappa shape index (κ2) is 9.62. The summed E-state index contributed by atoms with van der Waals surface area (Å²) < 4.78 is 15.2. The Bertz CT molecular complexity index is 824. The van der Waals surface area contributed by atoms with Gasteiger partial charge in [0.25, 0.3) is 5.91 Å². The van der Waals surface area contributed by atoms with Crippen LogP contribution in [0.2, 0.25) is 0 Å². The zero-order valence-electron chi connectivity index (χ0n) is 14.4. The molecule has 1 heterocycles. The van der Waals surface area contributed by atoms with Crippen molar-refractivity contribution in [3.8, 4) is 11.8 Å². The Morgan fingerprint density at radius 1 is 1.22 bits per heavy atom. The van der Waals surface area contributed by atoms with Crippen LogP contribution < -0.4 is 15.4 Å². The van der Waals surface area contributed by atoms with Gasteiger partial charge in [0.15, 0.2) is 12.7 Å². The minimum absolute atomic E-state index is 0.112. The van der Waals surface area contributed by atoms with Gasteiger partial charge in [0.2, 0.25) is 0 Å². The fourth-order valence-electron chi connectivity index (χ4n) is 1.90. The van der Waals surface area contributed by atoms with Crippen molar-refractivity contribution >= 4 is 17.9 Å². The highest BCUT2D eigenvalue weighted by molar-refractivity contribution is 5.95. The van der Waals surface area contributed by atoms with Crippen molar-refractivity contribution in [3.05, 3.63) is 54.0 Å². The van der Waals surface area contributed by atoms with Crippen molar-refractivity contribution in [2.45, 2.75) is 19.6 Å². The molecule has 0 unspecified atom stereocenters. The second-order valence-corrected chi connectivity index (χ2v) is 5.31. The van der Waals surface area contributed by atoms with Gasteiger partial charge in [0, 0.05) is 0 Å². The number of imide groups is 1. The summed E-state index contributed by atoms with van der Waals surface area (Å²) in [5, 5.41) is 13.2. The van der Waals surface area contributed by atoms with Gasteiger partial charge in [-0.25, -0.2) is 9.59 Å². The molecule has 3 amide bonds. The molecule has 2 N–H and O–H groups in total. The normalized spacial score (nSPS) is 11.0. The molecular formula is C18H17N3O6. The highest BCUT2D eigenvalue weighted by Crippen LogP contribution is 2.13. The summed E-state index contributed by atoms with van der Waals surface area (Å²) in [6.07, 6.45) is 0.485. The molecule has 27 heavy (non-hydrogen) atoms.